The first-order valence-electron chi connectivity index (χ1n) is 7.93. The van der Waals surface area contributed by atoms with Crippen LogP contribution in [0.2, 0.25) is 0 Å². The van der Waals surface area contributed by atoms with Gasteiger partial charge in [0, 0.05) is 19.2 Å². The Balaban J connectivity index is 1.45. The third-order valence-corrected chi connectivity index (χ3v) is 4.91. The summed E-state index contributed by atoms with van der Waals surface area (Å²) in [4.78, 5) is 3.37. The van der Waals surface area contributed by atoms with Gasteiger partial charge in [-0.2, -0.15) is 0 Å². The summed E-state index contributed by atoms with van der Waals surface area (Å²) in [5, 5.41) is 8.80. The number of hydrogen-bond donors (Lipinski definition) is 0. The lowest BCUT2D eigenvalue weighted by atomic mass is 10.1. The smallest absolute Gasteiger partial charge is 0.177 e. The molecule has 0 unspecified atom stereocenters. The first-order valence-corrected chi connectivity index (χ1v) is 8.81. The molecular formula is C20H18N2OS. The van der Waals surface area contributed by atoms with Crippen LogP contribution >= 0.6 is 11.3 Å². The van der Waals surface area contributed by atoms with Gasteiger partial charge in [0.2, 0.25) is 0 Å². The van der Waals surface area contributed by atoms with E-state index in [-0.39, 0.29) is 0 Å². The Morgan fingerprint density at radius 3 is 2.67 bits per heavy atom. The van der Waals surface area contributed by atoms with E-state index in [1.807, 2.05) is 23.6 Å². The van der Waals surface area contributed by atoms with Crippen molar-refractivity contribution in [2.45, 2.75) is 13.1 Å². The Labute approximate surface area is 145 Å². The van der Waals surface area contributed by atoms with E-state index in [1.54, 1.807) is 11.3 Å². The Morgan fingerprint density at radius 2 is 1.83 bits per heavy atom. The molecule has 4 rings (SSSR count). The van der Waals surface area contributed by atoms with Gasteiger partial charge in [0.25, 0.3) is 0 Å². The zero-order valence-electron chi connectivity index (χ0n) is 13.5. The predicted octanol–water partition coefficient (Wildman–Crippen LogP) is 5.19. The SMILES string of the molecule is CN(Cc1ccc2ccccc2c1)Cc1cc(-c2cccs2)on1. The van der Waals surface area contributed by atoms with Crippen molar-refractivity contribution in [2.24, 2.45) is 0 Å². The van der Waals surface area contributed by atoms with Crippen LogP contribution in [0.15, 0.2) is 70.6 Å². The van der Waals surface area contributed by atoms with Crippen LogP contribution in [-0.2, 0) is 13.1 Å². The van der Waals surface area contributed by atoms with E-state index in [9.17, 15) is 0 Å². The average Bonchev–Trinajstić information content (AvgIpc) is 3.26. The number of thiophene rings is 1. The van der Waals surface area contributed by atoms with Crippen LogP contribution < -0.4 is 0 Å². The van der Waals surface area contributed by atoms with Gasteiger partial charge in [-0.3, -0.25) is 4.90 Å². The topological polar surface area (TPSA) is 29.3 Å². The predicted molar refractivity (Wildman–Crippen MR) is 98.9 cm³/mol. The lowest BCUT2D eigenvalue weighted by Gasteiger charge is -2.15. The quantitative estimate of drug-likeness (QED) is 0.503. The van der Waals surface area contributed by atoms with Crippen LogP contribution in [0.25, 0.3) is 21.4 Å². The lowest BCUT2D eigenvalue weighted by molar-refractivity contribution is 0.304. The van der Waals surface area contributed by atoms with Crippen molar-refractivity contribution in [3.05, 3.63) is 77.3 Å². The highest BCUT2D eigenvalue weighted by molar-refractivity contribution is 7.13. The van der Waals surface area contributed by atoms with Gasteiger partial charge >= 0.3 is 0 Å². The molecule has 24 heavy (non-hydrogen) atoms. The van der Waals surface area contributed by atoms with Crippen molar-refractivity contribution < 1.29 is 4.52 Å². The number of hydrogen-bond acceptors (Lipinski definition) is 4. The molecule has 0 amide bonds. The molecule has 120 valence electrons. The van der Waals surface area contributed by atoms with Crippen LogP contribution in [0.1, 0.15) is 11.3 Å². The van der Waals surface area contributed by atoms with E-state index in [2.05, 4.69) is 59.6 Å². The zero-order chi connectivity index (χ0) is 16.4. The summed E-state index contributed by atoms with van der Waals surface area (Å²) in [5.41, 5.74) is 2.26. The summed E-state index contributed by atoms with van der Waals surface area (Å²) in [6.07, 6.45) is 0. The minimum Gasteiger partial charge on any atom is -0.355 e. The van der Waals surface area contributed by atoms with Crippen molar-refractivity contribution in [3.63, 3.8) is 0 Å². The summed E-state index contributed by atoms with van der Waals surface area (Å²) in [6.45, 7) is 1.65. The molecule has 0 aliphatic rings. The highest BCUT2D eigenvalue weighted by Crippen LogP contribution is 2.25. The first kappa shape index (κ1) is 15.1. The average molecular weight is 334 g/mol. The maximum absolute atomic E-state index is 5.45. The number of benzene rings is 2. The van der Waals surface area contributed by atoms with Gasteiger partial charge in [0.1, 0.15) is 0 Å². The Bertz CT molecular complexity index is 943. The number of aromatic nitrogens is 1. The fourth-order valence-electron chi connectivity index (χ4n) is 2.90. The summed E-state index contributed by atoms with van der Waals surface area (Å²) in [6, 6.07) is 21.2. The van der Waals surface area contributed by atoms with Crippen molar-refractivity contribution in [2.75, 3.05) is 7.05 Å². The van der Waals surface area contributed by atoms with Crippen molar-refractivity contribution in [1.82, 2.24) is 10.1 Å². The van der Waals surface area contributed by atoms with Gasteiger partial charge < -0.3 is 4.52 Å². The minimum absolute atomic E-state index is 0.766. The molecule has 2 aromatic heterocycles. The molecule has 0 spiro atoms. The molecule has 0 bridgehead atoms. The Kier molecular flexibility index (Phi) is 4.15. The summed E-state index contributed by atoms with van der Waals surface area (Å²) in [5.74, 6) is 0.846. The number of rotatable bonds is 5. The summed E-state index contributed by atoms with van der Waals surface area (Å²) in [7, 11) is 2.11. The fourth-order valence-corrected chi connectivity index (χ4v) is 3.58. The van der Waals surface area contributed by atoms with Crippen molar-refractivity contribution in [1.29, 1.82) is 0 Å². The van der Waals surface area contributed by atoms with E-state index in [0.29, 0.717) is 0 Å². The molecule has 0 aliphatic heterocycles. The molecule has 0 N–H and O–H groups in total. The van der Waals surface area contributed by atoms with Gasteiger partial charge in [0.05, 0.1) is 10.6 Å². The molecule has 0 atom stereocenters. The maximum atomic E-state index is 5.45. The zero-order valence-corrected chi connectivity index (χ0v) is 14.3. The van der Waals surface area contributed by atoms with Crippen LogP contribution in [0.5, 0.6) is 0 Å². The second kappa shape index (κ2) is 6.59. The third-order valence-electron chi connectivity index (χ3n) is 4.02. The van der Waals surface area contributed by atoms with Crippen LogP contribution in [0.3, 0.4) is 0 Å². The molecule has 3 nitrogen and oxygen atoms in total. The van der Waals surface area contributed by atoms with E-state index in [4.69, 9.17) is 4.52 Å². The highest BCUT2D eigenvalue weighted by Gasteiger charge is 2.10. The van der Waals surface area contributed by atoms with Gasteiger partial charge in [-0.25, -0.2) is 0 Å². The molecule has 4 aromatic rings. The van der Waals surface area contributed by atoms with E-state index in [0.717, 1.165) is 29.4 Å². The molecule has 0 aliphatic carbocycles. The van der Waals surface area contributed by atoms with Crippen molar-refractivity contribution in [3.8, 4) is 10.6 Å². The summed E-state index contributed by atoms with van der Waals surface area (Å²) < 4.78 is 5.45. The highest BCUT2D eigenvalue weighted by atomic mass is 32.1. The van der Waals surface area contributed by atoms with E-state index >= 15 is 0 Å². The molecule has 0 saturated carbocycles. The van der Waals surface area contributed by atoms with Crippen LogP contribution in [0.4, 0.5) is 0 Å². The molecule has 4 heteroatoms. The van der Waals surface area contributed by atoms with Crippen LogP contribution in [0, 0.1) is 0 Å². The third kappa shape index (κ3) is 3.25. The van der Waals surface area contributed by atoms with E-state index in [1.165, 1.54) is 16.3 Å². The largest absolute Gasteiger partial charge is 0.355 e. The van der Waals surface area contributed by atoms with Gasteiger partial charge in [-0.15, -0.1) is 11.3 Å². The second-order valence-corrected chi connectivity index (χ2v) is 6.96. The lowest BCUT2D eigenvalue weighted by Crippen LogP contribution is -2.17. The monoisotopic (exact) mass is 334 g/mol. The van der Waals surface area contributed by atoms with Gasteiger partial charge in [-0.1, -0.05) is 47.6 Å². The summed E-state index contributed by atoms with van der Waals surface area (Å²) >= 11 is 1.66. The van der Waals surface area contributed by atoms with Gasteiger partial charge in [0.15, 0.2) is 5.76 Å². The number of fused-ring (bicyclic) bond motifs is 1. The van der Waals surface area contributed by atoms with Crippen molar-refractivity contribution >= 4 is 22.1 Å². The Morgan fingerprint density at radius 1 is 0.958 bits per heavy atom. The fraction of sp³-hybridized carbons (Fsp3) is 0.150. The molecule has 0 radical (unpaired) electrons. The second-order valence-electron chi connectivity index (χ2n) is 6.01. The minimum atomic E-state index is 0.766. The Hall–Kier alpha value is -2.43. The standard InChI is InChI=1S/C20H18N2OS/c1-22(13-15-8-9-16-5-2-3-6-17(16)11-15)14-18-12-19(23-21-18)20-7-4-10-24-20/h2-12H,13-14H2,1H3. The normalized spacial score (nSPS) is 11.4. The van der Waals surface area contributed by atoms with Gasteiger partial charge in [-0.05, 0) is 40.9 Å². The molecule has 0 saturated heterocycles. The van der Waals surface area contributed by atoms with E-state index < -0.39 is 0 Å². The first-order chi connectivity index (χ1) is 11.8. The maximum Gasteiger partial charge on any atom is 0.177 e. The number of nitrogens with zero attached hydrogens (tertiary/aromatic N) is 2. The molecule has 2 aromatic carbocycles. The molecule has 0 fully saturated rings. The molecular weight excluding hydrogens is 316 g/mol. The molecule has 2 heterocycles. The van der Waals surface area contributed by atoms with Crippen LogP contribution in [-0.4, -0.2) is 17.1 Å².